The van der Waals surface area contributed by atoms with E-state index in [0.29, 0.717) is 5.69 Å². The molecule has 0 saturated carbocycles. The van der Waals surface area contributed by atoms with Crippen molar-refractivity contribution in [1.29, 1.82) is 0 Å². The van der Waals surface area contributed by atoms with Crippen LogP contribution in [0.3, 0.4) is 0 Å². The molecule has 0 aliphatic carbocycles. The quantitative estimate of drug-likeness (QED) is 0.778. The summed E-state index contributed by atoms with van der Waals surface area (Å²) in [6.45, 7) is 1.67. The molecule has 3 N–H and O–H groups in total. The lowest BCUT2D eigenvalue weighted by molar-refractivity contribution is -0.152. The number of halogens is 2. The number of benzene rings is 1. The van der Waals surface area contributed by atoms with Crippen LogP contribution in [0.25, 0.3) is 0 Å². The minimum atomic E-state index is -1.79. The normalized spacial score (nSPS) is 15.0. The first-order valence-corrected chi connectivity index (χ1v) is 6.64. The maximum Gasteiger partial charge on any atom is 0.333 e. The van der Waals surface area contributed by atoms with Crippen molar-refractivity contribution in [3.8, 4) is 0 Å². The zero-order valence-electron chi connectivity index (χ0n) is 11.7. The Morgan fingerprint density at radius 3 is 2.23 bits per heavy atom. The molecule has 8 heteroatoms. The highest BCUT2D eigenvalue weighted by molar-refractivity contribution is 5.79. The molecule has 1 heterocycles. The van der Waals surface area contributed by atoms with Crippen LogP contribution in [0.5, 0.6) is 0 Å². The van der Waals surface area contributed by atoms with E-state index in [0.717, 1.165) is 32.0 Å². The number of aliphatic carboxylic acids is 2. The molecule has 0 aromatic heterocycles. The maximum atomic E-state index is 13.2. The zero-order valence-corrected chi connectivity index (χ0v) is 11.7. The number of aliphatic hydroxyl groups is 1. The van der Waals surface area contributed by atoms with Gasteiger partial charge >= 0.3 is 11.9 Å². The van der Waals surface area contributed by atoms with Gasteiger partial charge in [0.2, 0.25) is 0 Å². The number of carbonyl (C=O) groups is 2. The van der Waals surface area contributed by atoms with Crippen LogP contribution in [-0.4, -0.2) is 46.5 Å². The summed E-state index contributed by atoms with van der Waals surface area (Å²) in [6.07, 6.45) is -0.413. The number of carboxylic acid groups (broad SMARTS) is 2. The van der Waals surface area contributed by atoms with Crippen LogP contribution in [0, 0.1) is 11.6 Å². The van der Waals surface area contributed by atoms with Gasteiger partial charge in [0.25, 0.3) is 0 Å². The molecule has 1 aliphatic heterocycles. The Morgan fingerprint density at radius 1 is 1.18 bits per heavy atom. The van der Waals surface area contributed by atoms with Gasteiger partial charge in [-0.25, -0.2) is 13.6 Å². The van der Waals surface area contributed by atoms with Gasteiger partial charge < -0.3 is 20.2 Å². The van der Waals surface area contributed by atoms with Crippen molar-refractivity contribution in [2.75, 3.05) is 18.0 Å². The molecule has 0 amide bonds. The van der Waals surface area contributed by atoms with Gasteiger partial charge in [-0.15, -0.1) is 0 Å². The van der Waals surface area contributed by atoms with Gasteiger partial charge in [-0.3, -0.25) is 4.79 Å². The van der Waals surface area contributed by atoms with E-state index in [1.807, 2.05) is 4.90 Å². The number of hydrogen-bond donors (Lipinski definition) is 3. The first-order chi connectivity index (χ1) is 10.3. The number of carboxylic acids is 2. The van der Waals surface area contributed by atoms with Gasteiger partial charge in [-0.05, 0) is 25.0 Å². The molecular weight excluding hydrogens is 300 g/mol. The summed E-state index contributed by atoms with van der Waals surface area (Å²) in [5, 5.41) is 24.1. The Morgan fingerprint density at radius 2 is 1.77 bits per heavy atom. The SMILES string of the molecule is Fc1ccc(F)c(N2CCCC2)c1.O=C(O)CC(O)C(=O)O. The topological polar surface area (TPSA) is 98.1 Å². The highest BCUT2D eigenvalue weighted by atomic mass is 19.1. The summed E-state index contributed by atoms with van der Waals surface area (Å²) in [5.41, 5.74) is 0.400. The highest BCUT2D eigenvalue weighted by Crippen LogP contribution is 2.24. The molecule has 1 atom stereocenters. The van der Waals surface area contributed by atoms with Crippen LogP contribution in [0.1, 0.15) is 19.3 Å². The lowest BCUT2D eigenvalue weighted by Crippen LogP contribution is -2.22. The molecule has 1 saturated heterocycles. The predicted molar refractivity (Wildman–Crippen MR) is 73.7 cm³/mol. The Bertz CT molecular complexity index is 532. The standard InChI is InChI=1S/C10H11F2N.C4H6O5/c11-8-3-4-9(12)10(7-8)13-5-1-2-6-13;5-2(4(8)9)1-3(6)7/h3-4,7H,1-2,5-6H2;2,5H,1H2,(H,6,7)(H,8,9). The van der Waals surface area contributed by atoms with Crippen molar-refractivity contribution in [2.45, 2.75) is 25.4 Å². The van der Waals surface area contributed by atoms with E-state index in [2.05, 4.69) is 0 Å². The summed E-state index contributed by atoms with van der Waals surface area (Å²) < 4.78 is 26.0. The third kappa shape index (κ3) is 5.65. The second kappa shape index (κ2) is 8.28. The van der Waals surface area contributed by atoms with Crippen molar-refractivity contribution in [3.63, 3.8) is 0 Å². The molecular formula is C14H17F2NO5. The van der Waals surface area contributed by atoms with Crippen molar-refractivity contribution < 1.29 is 33.7 Å². The van der Waals surface area contributed by atoms with E-state index < -0.39 is 24.5 Å². The number of hydrogen-bond acceptors (Lipinski definition) is 4. The number of anilines is 1. The van der Waals surface area contributed by atoms with Crippen LogP contribution in [0.15, 0.2) is 18.2 Å². The minimum absolute atomic E-state index is 0.330. The minimum Gasteiger partial charge on any atom is -0.481 e. The predicted octanol–water partition coefficient (Wildman–Crippen LogP) is 1.47. The summed E-state index contributed by atoms with van der Waals surface area (Å²) in [6, 6.07) is 3.60. The van der Waals surface area contributed by atoms with E-state index in [4.69, 9.17) is 15.3 Å². The fourth-order valence-corrected chi connectivity index (χ4v) is 1.94. The summed E-state index contributed by atoms with van der Waals surface area (Å²) in [7, 11) is 0. The molecule has 1 aromatic carbocycles. The average Bonchev–Trinajstić information content (AvgIpc) is 2.95. The molecule has 1 fully saturated rings. The molecule has 6 nitrogen and oxygen atoms in total. The van der Waals surface area contributed by atoms with E-state index in [1.165, 1.54) is 12.1 Å². The first-order valence-electron chi connectivity index (χ1n) is 6.64. The average molecular weight is 317 g/mol. The zero-order chi connectivity index (χ0) is 16.7. The van der Waals surface area contributed by atoms with Crippen LogP contribution in [0.4, 0.5) is 14.5 Å². The van der Waals surface area contributed by atoms with Crippen molar-refractivity contribution in [2.24, 2.45) is 0 Å². The van der Waals surface area contributed by atoms with Crippen molar-refractivity contribution in [3.05, 3.63) is 29.8 Å². The van der Waals surface area contributed by atoms with E-state index >= 15 is 0 Å². The third-order valence-corrected chi connectivity index (χ3v) is 3.01. The van der Waals surface area contributed by atoms with Gasteiger partial charge in [-0.2, -0.15) is 0 Å². The van der Waals surface area contributed by atoms with Crippen LogP contribution in [-0.2, 0) is 9.59 Å². The molecule has 0 radical (unpaired) electrons. The van der Waals surface area contributed by atoms with Crippen molar-refractivity contribution >= 4 is 17.6 Å². The number of rotatable bonds is 4. The van der Waals surface area contributed by atoms with Gasteiger partial charge in [0.1, 0.15) is 11.6 Å². The van der Waals surface area contributed by atoms with Crippen LogP contribution < -0.4 is 4.90 Å². The molecule has 1 unspecified atom stereocenters. The largest absolute Gasteiger partial charge is 0.481 e. The second-order valence-corrected chi connectivity index (χ2v) is 4.74. The molecule has 22 heavy (non-hydrogen) atoms. The second-order valence-electron chi connectivity index (χ2n) is 4.74. The molecule has 0 bridgehead atoms. The number of nitrogens with zero attached hydrogens (tertiary/aromatic N) is 1. The van der Waals surface area contributed by atoms with Crippen molar-refractivity contribution in [1.82, 2.24) is 0 Å². The van der Waals surface area contributed by atoms with Gasteiger partial charge in [0.05, 0.1) is 12.1 Å². The lowest BCUT2D eigenvalue weighted by atomic mass is 10.2. The smallest absolute Gasteiger partial charge is 0.333 e. The monoisotopic (exact) mass is 317 g/mol. The van der Waals surface area contributed by atoms with Gasteiger partial charge in [0.15, 0.2) is 6.10 Å². The Balaban J connectivity index is 0.000000239. The molecule has 1 aliphatic rings. The molecule has 122 valence electrons. The Hall–Kier alpha value is -2.22. The van der Waals surface area contributed by atoms with E-state index in [-0.39, 0.29) is 11.6 Å². The summed E-state index contributed by atoms with van der Waals surface area (Å²) >= 11 is 0. The fourth-order valence-electron chi connectivity index (χ4n) is 1.94. The first kappa shape index (κ1) is 17.8. The van der Waals surface area contributed by atoms with Gasteiger partial charge in [0, 0.05) is 19.2 Å². The summed E-state index contributed by atoms with van der Waals surface area (Å²) in [5.74, 6) is -3.55. The Kier molecular flexibility index (Phi) is 6.71. The molecule has 1 aromatic rings. The summed E-state index contributed by atoms with van der Waals surface area (Å²) in [4.78, 5) is 21.3. The van der Waals surface area contributed by atoms with Gasteiger partial charge in [-0.1, -0.05) is 0 Å². The molecule has 2 rings (SSSR count). The number of aliphatic hydroxyl groups excluding tert-OH is 1. The van der Waals surface area contributed by atoms with Crippen LogP contribution in [0.2, 0.25) is 0 Å². The fraction of sp³-hybridized carbons (Fsp3) is 0.429. The maximum absolute atomic E-state index is 13.2. The van der Waals surface area contributed by atoms with Crippen LogP contribution >= 0.6 is 0 Å². The third-order valence-electron chi connectivity index (χ3n) is 3.01. The lowest BCUT2D eigenvalue weighted by Gasteiger charge is -2.17. The van der Waals surface area contributed by atoms with E-state index in [1.54, 1.807) is 0 Å². The Labute approximate surface area is 125 Å². The highest BCUT2D eigenvalue weighted by Gasteiger charge is 2.16. The van der Waals surface area contributed by atoms with E-state index in [9.17, 15) is 18.4 Å². The molecule has 0 spiro atoms.